The van der Waals surface area contributed by atoms with Crippen LogP contribution in [0.1, 0.15) is 45.4 Å². The summed E-state index contributed by atoms with van der Waals surface area (Å²) in [4.78, 5) is 49.8. The summed E-state index contributed by atoms with van der Waals surface area (Å²) in [6.07, 6.45) is 4.05. The highest BCUT2D eigenvalue weighted by atomic mass is 32.1. The topological polar surface area (TPSA) is 122 Å². The number of nitro groups is 1. The predicted octanol–water partition coefficient (Wildman–Crippen LogP) is 2.65. The molecule has 9 nitrogen and oxygen atoms in total. The molecule has 1 aromatic carbocycles. The maximum absolute atomic E-state index is 12.9. The molecule has 1 saturated heterocycles. The largest absolute Gasteiger partial charge is 0.344 e. The SMILES string of the molecule is C[C@@]1(c2ccc([N+](=O)[O-])cc2)NC(=O)N(NC(=O)c2cc3c(s2)CCCC3)C1=O. The van der Waals surface area contributed by atoms with Gasteiger partial charge in [-0.1, -0.05) is 0 Å². The molecule has 0 bridgehead atoms. The normalized spacial score (nSPS) is 20.9. The van der Waals surface area contributed by atoms with Crippen LogP contribution >= 0.6 is 11.3 Å². The number of carbonyl (C=O) groups is 3. The van der Waals surface area contributed by atoms with Crippen LogP contribution in [0.15, 0.2) is 30.3 Å². The van der Waals surface area contributed by atoms with E-state index in [0.717, 1.165) is 31.2 Å². The molecule has 1 aliphatic carbocycles. The van der Waals surface area contributed by atoms with Crippen LogP contribution in [0.2, 0.25) is 0 Å². The summed E-state index contributed by atoms with van der Waals surface area (Å²) in [5.41, 5.74) is 2.36. The summed E-state index contributed by atoms with van der Waals surface area (Å²) in [7, 11) is 0. The molecular weight excluding hydrogens is 396 g/mol. The van der Waals surface area contributed by atoms with Crippen LogP contribution in [-0.2, 0) is 23.2 Å². The molecule has 0 unspecified atom stereocenters. The summed E-state index contributed by atoms with van der Waals surface area (Å²) in [6, 6.07) is 6.41. The Morgan fingerprint density at radius 3 is 2.59 bits per heavy atom. The number of thiophene rings is 1. The molecule has 0 radical (unpaired) electrons. The van der Waals surface area contributed by atoms with Crippen molar-refractivity contribution < 1.29 is 19.3 Å². The lowest BCUT2D eigenvalue weighted by Crippen LogP contribution is -2.47. The number of amides is 4. The second-order valence-electron chi connectivity index (χ2n) is 7.21. The van der Waals surface area contributed by atoms with E-state index in [4.69, 9.17) is 0 Å². The third-order valence-electron chi connectivity index (χ3n) is 5.28. The Balaban J connectivity index is 1.54. The summed E-state index contributed by atoms with van der Waals surface area (Å²) in [6.45, 7) is 1.49. The smallest absolute Gasteiger partial charge is 0.318 e. The van der Waals surface area contributed by atoms with E-state index in [0.29, 0.717) is 15.4 Å². The van der Waals surface area contributed by atoms with Crippen molar-refractivity contribution in [1.29, 1.82) is 0 Å². The van der Waals surface area contributed by atoms with Crippen LogP contribution in [-0.4, -0.2) is 27.8 Å². The second kappa shape index (κ2) is 6.96. The lowest BCUT2D eigenvalue weighted by atomic mass is 9.92. The number of hydrazine groups is 1. The number of carbonyl (C=O) groups excluding carboxylic acids is 3. The van der Waals surface area contributed by atoms with Gasteiger partial charge in [0, 0.05) is 17.0 Å². The minimum absolute atomic E-state index is 0.124. The van der Waals surface area contributed by atoms with Crippen molar-refractivity contribution >= 4 is 34.9 Å². The number of aryl methyl sites for hydroxylation is 2. The molecule has 2 aliphatic rings. The average Bonchev–Trinajstić information content (AvgIpc) is 3.23. The highest BCUT2D eigenvalue weighted by molar-refractivity contribution is 7.14. The van der Waals surface area contributed by atoms with E-state index < -0.39 is 28.3 Å². The number of non-ortho nitro benzene ring substituents is 1. The minimum atomic E-state index is -1.44. The van der Waals surface area contributed by atoms with Gasteiger partial charge in [-0.05, 0) is 61.9 Å². The number of nitro benzene ring substituents is 1. The van der Waals surface area contributed by atoms with E-state index in [9.17, 15) is 24.5 Å². The predicted molar refractivity (Wildman–Crippen MR) is 104 cm³/mol. The second-order valence-corrected chi connectivity index (χ2v) is 8.34. The van der Waals surface area contributed by atoms with Gasteiger partial charge in [0.15, 0.2) is 0 Å². The molecule has 0 spiro atoms. The van der Waals surface area contributed by atoms with Gasteiger partial charge < -0.3 is 5.32 Å². The third kappa shape index (κ3) is 3.25. The summed E-state index contributed by atoms with van der Waals surface area (Å²) in [5.74, 6) is -1.17. The Morgan fingerprint density at radius 1 is 1.24 bits per heavy atom. The van der Waals surface area contributed by atoms with Gasteiger partial charge >= 0.3 is 6.03 Å². The zero-order valence-corrected chi connectivity index (χ0v) is 16.4. The highest BCUT2D eigenvalue weighted by Crippen LogP contribution is 2.31. The zero-order chi connectivity index (χ0) is 20.8. The molecule has 2 heterocycles. The average molecular weight is 414 g/mol. The number of imide groups is 1. The number of benzene rings is 1. The first kappa shape index (κ1) is 19.1. The van der Waals surface area contributed by atoms with Crippen molar-refractivity contribution in [3.63, 3.8) is 0 Å². The zero-order valence-electron chi connectivity index (χ0n) is 15.6. The van der Waals surface area contributed by atoms with Gasteiger partial charge in [-0.3, -0.25) is 25.1 Å². The molecule has 1 aromatic heterocycles. The van der Waals surface area contributed by atoms with Gasteiger partial charge in [0.1, 0.15) is 5.54 Å². The molecule has 1 aliphatic heterocycles. The van der Waals surface area contributed by atoms with E-state index in [1.54, 1.807) is 0 Å². The number of hydrogen-bond donors (Lipinski definition) is 2. The Labute approximate surface area is 169 Å². The number of nitrogens with zero attached hydrogens (tertiary/aromatic N) is 2. The van der Waals surface area contributed by atoms with E-state index in [2.05, 4.69) is 10.7 Å². The monoisotopic (exact) mass is 414 g/mol. The van der Waals surface area contributed by atoms with Gasteiger partial charge in [0.05, 0.1) is 9.80 Å². The van der Waals surface area contributed by atoms with E-state index >= 15 is 0 Å². The molecule has 4 amide bonds. The molecule has 10 heteroatoms. The number of rotatable bonds is 4. The van der Waals surface area contributed by atoms with Crippen molar-refractivity contribution in [1.82, 2.24) is 15.8 Å². The quantitative estimate of drug-likeness (QED) is 0.452. The van der Waals surface area contributed by atoms with Crippen molar-refractivity contribution in [2.24, 2.45) is 0 Å². The van der Waals surface area contributed by atoms with E-state index in [1.807, 2.05) is 6.07 Å². The maximum Gasteiger partial charge on any atom is 0.344 e. The molecule has 2 aromatic rings. The van der Waals surface area contributed by atoms with Crippen LogP contribution in [0, 0.1) is 10.1 Å². The minimum Gasteiger partial charge on any atom is -0.318 e. The van der Waals surface area contributed by atoms with Crippen LogP contribution < -0.4 is 10.7 Å². The van der Waals surface area contributed by atoms with Crippen molar-refractivity contribution in [2.75, 3.05) is 0 Å². The summed E-state index contributed by atoms with van der Waals surface area (Å²) >= 11 is 1.38. The van der Waals surface area contributed by atoms with Crippen molar-refractivity contribution in [3.8, 4) is 0 Å². The van der Waals surface area contributed by atoms with Crippen molar-refractivity contribution in [3.05, 3.63) is 61.3 Å². The number of fused-ring (bicyclic) bond motifs is 1. The van der Waals surface area contributed by atoms with Crippen LogP contribution in [0.25, 0.3) is 0 Å². The van der Waals surface area contributed by atoms with Gasteiger partial charge in [-0.15, -0.1) is 11.3 Å². The van der Waals surface area contributed by atoms with Crippen molar-refractivity contribution in [2.45, 2.75) is 38.1 Å². The lowest BCUT2D eigenvalue weighted by molar-refractivity contribution is -0.384. The Bertz CT molecular complexity index is 1010. The van der Waals surface area contributed by atoms with E-state index in [1.165, 1.54) is 47.4 Å². The summed E-state index contributed by atoms with van der Waals surface area (Å²) < 4.78 is 0. The fourth-order valence-electron chi connectivity index (χ4n) is 3.61. The fourth-order valence-corrected chi connectivity index (χ4v) is 4.76. The highest BCUT2D eigenvalue weighted by Gasteiger charge is 2.50. The van der Waals surface area contributed by atoms with Crippen LogP contribution in [0.4, 0.5) is 10.5 Å². The number of hydrogen-bond acceptors (Lipinski definition) is 6. The molecular formula is C19H18N4O5S. The van der Waals surface area contributed by atoms with Crippen LogP contribution in [0.3, 0.4) is 0 Å². The Hall–Kier alpha value is -3.27. The molecule has 150 valence electrons. The number of urea groups is 1. The Morgan fingerprint density at radius 2 is 1.93 bits per heavy atom. The van der Waals surface area contributed by atoms with Gasteiger partial charge in [-0.25, -0.2) is 4.79 Å². The van der Waals surface area contributed by atoms with Gasteiger partial charge in [0.2, 0.25) is 0 Å². The molecule has 29 heavy (non-hydrogen) atoms. The number of nitrogens with one attached hydrogen (secondary N) is 2. The fraction of sp³-hybridized carbons (Fsp3) is 0.316. The molecule has 2 N–H and O–H groups in total. The van der Waals surface area contributed by atoms with Gasteiger partial charge in [-0.2, -0.15) is 5.01 Å². The molecule has 1 fully saturated rings. The first-order chi connectivity index (χ1) is 13.8. The Kier molecular flexibility index (Phi) is 4.58. The van der Waals surface area contributed by atoms with Crippen LogP contribution in [0.5, 0.6) is 0 Å². The van der Waals surface area contributed by atoms with Gasteiger partial charge in [0.25, 0.3) is 17.5 Å². The molecule has 1 atom stereocenters. The summed E-state index contributed by atoms with van der Waals surface area (Å²) in [5, 5.41) is 14.1. The maximum atomic E-state index is 12.9. The molecule has 4 rings (SSSR count). The first-order valence-electron chi connectivity index (χ1n) is 9.14. The molecule has 0 saturated carbocycles. The standard InChI is InChI=1S/C19H18N4O5S/c1-19(12-6-8-13(9-7-12)23(27)28)17(25)22(18(26)20-19)21-16(24)15-10-11-4-2-3-5-14(11)29-15/h6-10H,2-5H2,1H3,(H,20,26)(H,21,24)/t19-/m0/s1. The first-order valence-corrected chi connectivity index (χ1v) is 9.95. The lowest BCUT2D eigenvalue weighted by Gasteiger charge is -2.21. The van der Waals surface area contributed by atoms with E-state index in [-0.39, 0.29) is 5.69 Å². The third-order valence-corrected chi connectivity index (χ3v) is 6.52.